The third kappa shape index (κ3) is 7.50. The van der Waals surface area contributed by atoms with Crippen molar-refractivity contribution in [1.82, 2.24) is 14.8 Å². The maximum absolute atomic E-state index is 14.0. The van der Waals surface area contributed by atoms with Crippen molar-refractivity contribution in [3.8, 4) is 11.3 Å². The topological polar surface area (TPSA) is 75.9 Å². The standard InChI is InChI=1S/C26H35F2N3O4/c1-17(2)31(25(33)35-26(3,4)5)16-18-7-6-12-30(15-18)24(32)11-10-23-29-14-22(34-23)20-9-8-19(27)13-21(20)28/h8-9,13-14,17-18H,6-7,10-12,15-16H2,1-5H3. The van der Waals surface area contributed by atoms with Crippen LogP contribution in [0.5, 0.6) is 0 Å². The summed E-state index contributed by atoms with van der Waals surface area (Å²) >= 11 is 0. The van der Waals surface area contributed by atoms with E-state index in [1.54, 1.807) is 4.90 Å². The number of nitrogens with zero attached hydrogens (tertiary/aromatic N) is 3. The van der Waals surface area contributed by atoms with Crippen molar-refractivity contribution in [2.75, 3.05) is 19.6 Å². The minimum atomic E-state index is -0.732. The van der Waals surface area contributed by atoms with Gasteiger partial charge in [-0.05, 0) is 65.5 Å². The smallest absolute Gasteiger partial charge is 0.410 e. The average molecular weight is 492 g/mol. The third-order valence-electron chi connectivity index (χ3n) is 5.88. The van der Waals surface area contributed by atoms with Crippen LogP contribution >= 0.6 is 0 Å². The molecule has 0 saturated carbocycles. The number of aromatic nitrogens is 1. The van der Waals surface area contributed by atoms with E-state index in [1.165, 1.54) is 12.3 Å². The predicted molar refractivity (Wildman–Crippen MR) is 128 cm³/mol. The van der Waals surface area contributed by atoms with Gasteiger partial charge in [0, 0.05) is 44.6 Å². The maximum Gasteiger partial charge on any atom is 0.410 e. The van der Waals surface area contributed by atoms with Crippen molar-refractivity contribution in [1.29, 1.82) is 0 Å². The minimum absolute atomic E-state index is 0.0129. The highest BCUT2D eigenvalue weighted by molar-refractivity contribution is 5.76. The van der Waals surface area contributed by atoms with Gasteiger partial charge in [-0.25, -0.2) is 18.6 Å². The Morgan fingerprint density at radius 1 is 1.29 bits per heavy atom. The average Bonchev–Trinajstić information content (AvgIpc) is 3.23. The predicted octanol–water partition coefficient (Wildman–Crippen LogP) is 5.44. The van der Waals surface area contributed by atoms with Crippen LogP contribution in [0, 0.1) is 17.6 Å². The summed E-state index contributed by atoms with van der Waals surface area (Å²) in [6.45, 7) is 11.2. The van der Waals surface area contributed by atoms with E-state index in [0.29, 0.717) is 25.5 Å². The van der Waals surface area contributed by atoms with Crippen molar-refractivity contribution in [2.24, 2.45) is 5.92 Å². The number of aryl methyl sites for hydroxylation is 1. The van der Waals surface area contributed by atoms with Gasteiger partial charge in [-0.2, -0.15) is 0 Å². The fourth-order valence-corrected chi connectivity index (χ4v) is 4.15. The van der Waals surface area contributed by atoms with Crippen LogP contribution < -0.4 is 0 Å². The summed E-state index contributed by atoms with van der Waals surface area (Å²) in [6.07, 6.45) is 3.32. The van der Waals surface area contributed by atoms with E-state index in [2.05, 4.69) is 4.98 Å². The maximum atomic E-state index is 14.0. The van der Waals surface area contributed by atoms with Crippen LogP contribution in [-0.2, 0) is 16.0 Å². The van der Waals surface area contributed by atoms with E-state index in [4.69, 9.17) is 9.15 Å². The lowest BCUT2D eigenvalue weighted by atomic mass is 9.96. The summed E-state index contributed by atoms with van der Waals surface area (Å²) < 4.78 is 38.3. The van der Waals surface area contributed by atoms with Crippen molar-refractivity contribution in [3.05, 3.63) is 41.9 Å². The minimum Gasteiger partial charge on any atom is -0.444 e. The van der Waals surface area contributed by atoms with E-state index in [9.17, 15) is 18.4 Å². The van der Waals surface area contributed by atoms with Gasteiger partial charge in [0.15, 0.2) is 11.7 Å². The molecule has 2 heterocycles. The Hall–Kier alpha value is -2.97. The number of piperidine rings is 1. The Morgan fingerprint density at radius 3 is 2.69 bits per heavy atom. The molecule has 1 unspecified atom stereocenters. The van der Waals surface area contributed by atoms with Crippen LogP contribution in [0.4, 0.5) is 13.6 Å². The second kappa shape index (κ2) is 11.2. The first-order chi connectivity index (χ1) is 16.4. The van der Waals surface area contributed by atoms with Crippen molar-refractivity contribution >= 4 is 12.0 Å². The molecule has 1 aliphatic rings. The molecule has 2 amide bonds. The summed E-state index contributed by atoms with van der Waals surface area (Å²) in [5, 5.41) is 0. The van der Waals surface area contributed by atoms with Crippen molar-refractivity contribution in [3.63, 3.8) is 0 Å². The van der Waals surface area contributed by atoms with Crippen molar-refractivity contribution in [2.45, 2.75) is 71.9 Å². The Balaban J connectivity index is 1.55. The lowest BCUT2D eigenvalue weighted by Gasteiger charge is -2.37. The molecule has 1 aliphatic heterocycles. The summed E-state index contributed by atoms with van der Waals surface area (Å²) in [5.41, 5.74) is -0.448. The number of benzene rings is 1. The molecule has 1 atom stereocenters. The molecule has 7 nitrogen and oxygen atoms in total. The van der Waals surface area contributed by atoms with Crippen LogP contribution in [0.15, 0.2) is 28.8 Å². The van der Waals surface area contributed by atoms with Gasteiger partial charge < -0.3 is 19.0 Å². The Labute approximate surface area is 205 Å². The fourth-order valence-electron chi connectivity index (χ4n) is 4.15. The Morgan fingerprint density at radius 2 is 2.03 bits per heavy atom. The molecule has 35 heavy (non-hydrogen) atoms. The molecule has 0 aliphatic carbocycles. The highest BCUT2D eigenvalue weighted by Crippen LogP contribution is 2.25. The monoisotopic (exact) mass is 491 g/mol. The number of hydrogen-bond donors (Lipinski definition) is 0. The summed E-state index contributed by atoms with van der Waals surface area (Å²) in [6, 6.07) is 3.23. The zero-order valence-corrected chi connectivity index (χ0v) is 21.1. The zero-order chi connectivity index (χ0) is 25.8. The summed E-state index contributed by atoms with van der Waals surface area (Å²) in [5.74, 6) is -0.738. The van der Waals surface area contributed by atoms with Crippen LogP contribution in [-0.4, -0.2) is 58.1 Å². The number of amides is 2. The Kier molecular flexibility index (Phi) is 8.51. The number of halogens is 2. The van der Waals surface area contributed by atoms with E-state index >= 15 is 0 Å². The van der Waals surface area contributed by atoms with Gasteiger partial charge in [0.05, 0.1) is 11.8 Å². The number of carbonyl (C=O) groups excluding carboxylic acids is 2. The number of carbonyl (C=O) groups is 2. The molecule has 192 valence electrons. The molecule has 2 aromatic rings. The molecule has 1 aromatic heterocycles. The summed E-state index contributed by atoms with van der Waals surface area (Å²) in [4.78, 5) is 33.2. The van der Waals surface area contributed by atoms with Gasteiger partial charge in [0.1, 0.15) is 17.2 Å². The number of rotatable bonds is 7. The van der Waals surface area contributed by atoms with Crippen LogP contribution in [0.3, 0.4) is 0 Å². The van der Waals surface area contributed by atoms with Gasteiger partial charge in [-0.15, -0.1) is 0 Å². The second-order valence-corrected chi connectivity index (χ2v) is 10.3. The van der Waals surface area contributed by atoms with E-state index < -0.39 is 17.2 Å². The number of oxazole rings is 1. The molecular formula is C26H35F2N3O4. The van der Waals surface area contributed by atoms with Gasteiger partial charge in [0.2, 0.25) is 5.91 Å². The lowest BCUT2D eigenvalue weighted by Crippen LogP contribution is -2.48. The van der Waals surface area contributed by atoms with E-state index in [1.807, 2.05) is 39.5 Å². The van der Waals surface area contributed by atoms with Gasteiger partial charge in [-0.3, -0.25) is 4.79 Å². The molecule has 0 N–H and O–H groups in total. The van der Waals surface area contributed by atoms with Gasteiger partial charge >= 0.3 is 6.09 Å². The highest BCUT2D eigenvalue weighted by Gasteiger charge is 2.30. The van der Waals surface area contributed by atoms with E-state index in [-0.39, 0.29) is 48.1 Å². The first kappa shape index (κ1) is 26.6. The SMILES string of the molecule is CC(C)N(CC1CCCN(C(=O)CCc2ncc(-c3ccc(F)cc3F)o2)C1)C(=O)OC(C)(C)C. The quantitative estimate of drug-likeness (QED) is 0.516. The third-order valence-corrected chi connectivity index (χ3v) is 5.88. The lowest BCUT2D eigenvalue weighted by molar-refractivity contribution is -0.133. The van der Waals surface area contributed by atoms with Gasteiger partial charge in [-0.1, -0.05) is 0 Å². The molecule has 0 bridgehead atoms. The molecule has 1 fully saturated rings. The van der Waals surface area contributed by atoms with Crippen LogP contribution in [0.1, 0.15) is 59.8 Å². The van der Waals surface area contributed by atoms with Crippen LogP contribution in [0.2, 0.25) is 0 Å². The molecule has 9 heteroatoms. The number of hydrogen-bond acceptors (Lipinski definition) is 5. The first-order valence-corrected chi connectivity index (χ1v) is 12.1. The first-order valence-electron chi connectivity index (χ1n) is 12.1. The zero-order valence-electron chi connectivity index (χ0n) is 21.1. The van der Waals surface area contributed by atoms with Crippen LogP contribution in [0.25, 0.3) is 11.3 Å². The molecule has 1 saturated heterocycles. The molecule has 0 spiro atoms. The molecule has 0 radical (unpaired) electrons. The Bertz CT molecular complexity index is 1030. The number of likely N-dealkylation sites (tertiary alicyclic amines) is 1. The largest absolute Gasteiger partial charge is 0.444 e. The molecule has 1 aromatic carbocycles. The highest BCUT2D eigenvalue weighted by atomic mass is 19.1. The summed E-state index contributed by atoms with van der Waals surface area (Å²) in [7, 11) is 0. The van der Waals surface area contributed by atoms with E-state index in [0.717, 1.165) is 25.0 Å². The fraction of sp³-hybridized carbons (Fsp3) is 0.577. The number of ether oxygens (including phenoxy) is 1. The molecule has 3 rings (SSSR count). The van der Waals surface area contributed by atoms with Gasteiger partial charge in [0.25, 0.3) is 0 Å². The second-order valence-electron chi connectivity index (χ2n) is 10.3. The molecular weight excluding hydrogens is 456 g/mol. The normalized spacial score (nSPS) is 16.5. The van der Waals surface area contributed by atoms with Crippen molar-refractivity contribution < 1.29 is 27.5 Å².